The first kappa shape index (κ1) is 16.8. The minimum atomic E-state index is -1.02. The molecule has 2 rings (SSSR count). The highest BCUT2D eigenvalue weighted by Gasteiger charge is 2.35. The van der Waals surface area contributed by atoms with Crippen LogP contribution in [0.1, 0.15) is 49.4 Å². The van der Waals surface area contributed by atoms with Gasteiger partial charge in [-0.25, -0.2) is 4.79 Å². The van der Waals surface area contributed by atoms with Gasteiger partial charge in [0.25, 0.3) is 5.91 Å². The van der Waals surface area contributed by atoms with Crippen LogP contribution >= 0.6 is 0 Å². The van der Waals surface area contributed by atoms with Crippen LogP contribution in [0.15, 0.2) is 24.3 Å². The summed E-state index contributed by atoms with van der Waals surface area (Å²) in [4.78, 5) is 24.2. The maximum Gasteiger partial charge on any atom is 0.339 e. The zero-order valence-corrected chi connectivity index (χ0v) is 13.0. The molecule has 1 saturated carbocycles. The Morgan fingerprint density at radius 2 is 2.04 bits per heavy atom. The summed E-state index contributed by atoms with van der Waals surface area (Å²) in [5, 5.41) is 21.5. The first-order chi connectivity index (χ1) is 11.0. The molecule has 6 heteroatoms. The number of nitriles is 1. The molecule has 1 aliphatic carbocycles. The van der Waals surface area contributed by atoms with E-state index in [1.807, 2.05) is 0 Å². The molecule has 0 bridgehead atoms. The second-order valence-corrected chi connectivity index (χ2v) is 5.84. The van der Waals surface area contributed by atoms with E-state index >= 15 is 0 Å². The van der Waals surface area contributed by atoms with E-state index in [0.717, 1.165) is 19.3 Å². The second-order valence-electron chi connectivity index (χ2n) is 5.84. The molecule has 6 nitrogen and oxygen atoms in total. The van der Waals surface area contributed by atoms with Crippen molar-refractivity contribution in [2.45, 2.75) is 50.7 Å². The van der Waals surface area contributed by atoms with Crippen LogP contribution < -0.4 is 5.32 Å². The number of benzene rings is 1. The lowest BCUT2D eigenvalue weighted by Gasteiger charge is -2.32. The molecule has 0 spiro atoms. The van der Waals surface area contributed by atoms with Crippen LogP contribution in [0.2, 0.25) is 0 Å². The number of hydrogen-bond donors (Lipinski definition) is 2. The number of phenolic OH excluding ortho intramolecular Hbond substituents is 1. The van der Waals surface area contributed by atoms with E-state index in [2.05, 4.69) is 11.4 Å². The van der Waals surface area contributed by atoms with E-state index in [9.17, 15) is 20.0 Å². The Morgan fingerprint density at radius 1 is 1.35 bits per heavy atom. The van der Waals surface area contributed by atoms with Crippen LogP contribution in [0, 0.1) is 11.3 Å². The number of nitrogens with zero attached hydrogens (tertiary/aromatic N) is 1. The van der Waals surface area contributed by atoms with Crippen LogP contribution in [0.5, 0.6) is 5.75 Å². The van der Waals surface area contributed by atoms with E-state index < -0.39 is 23.5 Å². The third-order valence-electron chi connectivity index (χ3n) is 4.02. The Bertz CT molecular complexity index is 630. The predicted molar refractivity (Wildman–Crippen MR) is 82.6 cm³/mol. The van der Waals surface area contributed by atoms with Crippen molar-refractivity contribution < 1.29 is 19.4 Å². The molecule has 122 valence electrons. The molecule has 0 radical (unpaired) electrons. The summed E-state index contributed by atoms with van der Waals surface area (Å²) in [5.41, 5.74) is -0.696. The molecule has 0 heterocycles. The van der Waals surface area contributed by atoms with Crippen molar-refractivity contribution in [3.63, 3.8) is 0 Å². The lowest BCUT2D eigenvalue weighted by molar-refractivity contribution is -0.130. The van der Waals surface area contributed by atoms with Gasteiger partial charge >= 0.3 is 5.97 Å². The van der Waals surface area contributed by atoms with Gasteiger partial charge in [0.15, 0.2) is 6.10 Å². The van der Waals surface area contributed by atoms with Crippen LogP contribution in [-0.4, -0.2) is 28.6 Å². The van der Waals surface area contributed by atoms with Gasteiger partial charge in [0.1, 0.15) is 11.3 Å². The predicted octanol–water partition coefficient (Wildman–Crippen LogP) is 2.28. The molecule has 1 aliphatic rings. The summed E-state index contributed by atoms with van der Waals surface area (Å²) in [7, 11) is 0. The van der Waals surface area contributed by atoms with Crippen LogP contribution in [0.4, 0.5) is 0 Å². The van der Waals surface area contributed by atoms with E-state index in [1.54, 1.807) is 0 Å². The zero-order valence-electron chi connectivity index (χ0n) is 13.0. The molecule has 0 unspecified atom stereocenters. The van der Waals surface area contributed by atoms with Crippen molar-refractivity contribution in [3.05, 3.63) is 29.8 Å². The highest BCUT2D eigenvalue weighted by molar-refractivity contribution is 5.92. The third kappa shape index (κ3) is 4.22. The van der Waals surface area contributed by atoms with E-state index in [4.69, 9.17) is 4.74 Å². The number of amides is 1. The quantitative estimate of drug-likeness (QED) is 0.830. The smallest absolute Gasteiger partial charge is 0.339 e. The second kappa shape index (κ2) is 7.14. The molecule has 1 amide bonds. The van der Waals surface area contributed by atoms with Gasteiger partial charge in [0.05, 0.1) is 11.6 Å². The van der Waals surface area contributed by atoms with Gasteiger partial charge in [-0.05, 0) is 38.0 Å². The number of esters is 1. The SMILES string of the molecule is C[C@H](OC(=O)c1cccc(O)c1)C(=O)NC1(C#N)CCCCC1. The van der Waals surface area contributed by atoms with Crippen molar-refractivity contribution in [1.29, 1.82) is 5.26 Å². The van der Waals surface area contributed by atoms with E-state index in [1.165, 1.54) is 31.2 Å². The molecular weight excluding hydrogens is 296 g/mol. The van der Waals surface area contributed by atoms with Gasteiger partial charge in [-0.3, -0.25) is 4.79 Å². The fraction of sp³-hybridized carbons (Fsp3) is 0.471. The molecule has 0 saturated heterocycles. The molecular formula is C17H20N2O4. The summed E-state index contributed by atoms with van der Waals surface area (Å²) < 4.78 is 5.11. The van der Waals surface area contributed by atoms with Crippen LogP contribution in [0.25, 0.3) is 0 Å². The van der Waals surface area contributed by atoms with Crippen molar-refractivity contribution in [2.75, 3.05) is 0 Å². The summed E-state index contributed by atoms with van der Waals surface area (Å²) in [6.45, 7) is 1.46. The van der Waals surface area contributed by atoms with Crippen LogP contribution in [-0.2, 0) is 9.53 Å². The third-order valence-corrected chi connectivity index (χ3v) is 4.02. The zero-order chi connectivity index (χ0) is 16.9. The Hall–Kier alpha value is -2.55. The van der Waals surface area contributed by atoms with Crippen LogP contribution in [0.3, 0.4) is 0 Å². The van der Waals surface area contributed by atoms with Gasteiger partial charge < -0.3 is 15.2 Å². The van der Waals surface area contributed by atoms with Gasteiger partial charge in [0.2, 0.25) is 0 Å². The number of phenols is 1. The molecule has 2 N–H and O–H groups in total. The standard InChI is InChI=1S/C17H20N2O4/c1-12(23-16(22)13-6-5-7-14(20)10-13)15(21)19-17(11-18)8-3-2-4-9-17/h5-7,10,12,20H,2-4,8-9H2,1H3,(H,19,21)/t12-/m0/s1. The average Bonchev–Trinajstić information content (AvgIpc) is 2.55. The number of hydrogen-bond acceptors (Lipinski definition) is 5. The fourth-order valence-electron chi connectivity index (χ4n) is 2.67. The van der Waals surface area contributed by atoms with Crippen molar-refractivity contribution >= 4 is 11.9 Å². The number of rotatable bonds is 4. The van der Waals surface area contributed by atoms with Crippen molar-refractivity contribution in [2.24, 2.45) is 0 Å². The first-order valence-electron chi connectivity index (χ1n) is 7.69. The minimum Gasteiger partial charge on any atom is -0.508 e. The Balaban J connectivity index is 1.97. The first-order valence-corrected chi connectivity index (χ1v) is 7.69. The Kier molecular flexibility index (Phi) is 5.22. The van der Waals surface area contributed by atoms with Gasteiger partial charge in [-0.2, -0.15) is 5.26 Å². The monoisotopic (exact) mass is 316 g/mol. The highest BCUT2D eigenvalue weighted by atomic mass is 16.5. The maximum atomic E-state index is 12.2. The molecule has 1 aromatic rings. The molecule has 0 aromatic heterocycles. The molecule has 0 aliphatic heterocycles. The van der Waals surface area contributed by atoms with Gasteiger partial charge in [-0.15, -0.1) is 0 Å². The fourth-order valence-corrected chi connectivity index (χ4v) is 2.67. The number of ether oxygens (including phenoxy) is 1. The molecule has 23 heavy (non-hydrogen) atoms. The van der Waals surface area contributed by atoms with E-state index in [-0.39, 0.29) is 11.3 Å². The van der Waals surface area contributed by atoms with Crippen molar-refractivity contribution in [1.82, 2.24) is 5.32 Å². The maximum absolute atomic E-state index is 12.2. The Labute approximate surface area is 135 Å². The number of carbonyl (C=O) groups is 2. The number of aromatic hydroxyl groups is 1. The van der Waals surface area contributed by atoms with E-state index in [0.29, 0.717) is 12.8 Å². The number of nitrogens with one attached hydrogen (secondary N) is 1. The topological polar surface area (TPSA) is 99.4 Å². The van der Waals surface area contributed by atoms with Gasteiger partial charge in [0, 0.05) is 0 Å². The molecule has 1 aromatic carbocycles. The van der Waals surface area contributed by atoms with Crippen molar-refractivity contribution in [3.8, 4) is 11.8 Å². The van der Waals surface area contributed by atoms with Gasteiger partial charge in [-0.1, -0.05) is 25.3 Å². The summed E-state index contributed by atoms with van der Waals surface area (Å²) in [6.07, 6.45) is 3.06. The Morgan fingerprint density at radius 3 is 2.65 bits per heavy atom. The molecule has 1 fully saturated rings. The number of carbonyl (C=O) groups excluding carboxylic acids is 2. The lowest BCUT2D eigenvalue weighted by Crippen LogP contribution is -2.52. The molecule has 1 atom stereocenters. The summed E-state index contributed by atoms with van der Waals surface area (Å²) in [5.74, 6) is -1.23. The summed E-state index contributed by atoms with van der Waals surface area (Å²) >= 11 is 0. The normalized spacial score (nSPS) is 17.6. The average molecular weight is 316 g/mol. The lowest BCUT2D eigenvalue weighted by atomic mass is 9.83. The largest absolute Gasteiger partial charge is 0.508 e. The summed E-state index contributed by atoms with van der Waals surface area (Å²) in [6, 6.07) is 7.90. The minimum absolute atomic E-state index is 0.0535. The highest BCUT2D eigenvalue weighted by Crippen LogP contribution is 2.27.